The second-order valence-corrected chi connectivity index (χ2v) is 5.85. The molecule has 0 aliphatic rings. The highest BCUT2D eigenvalue weighted by Crippen LogP contribution is 2.19. The number of hydrogen-bond acceptors (Lipinski definition) is 3. The van der Waals surface area contributed by atoms with Gasteiger partial charge in [-0.05, 0) is 30.7 Å². The minimum Gasteiger partial charge on any atom is -0.384 e. The summed E-state index contributed by atoms with van der Waals surface area (Å²) in [6.07, 6.45) is 0. The van der Waals surface area contributed by atoms with E-state index in [2.05, 4.69) is 21.2 Å². The topological polar surface area (TPSA) is 72.2 Å². The lowest BCUT2D eigenvalue weighted by molar-refractivity contribution is 0.598. The molecule has 0 atom stereocenters. The van der Waals surface area contributed by atoms with Gasteiger partial charge in [-0.3, -0.25) is 0 Å². The Bertz CT molecular complexity index is 445. The molecule has 4 nitrogen and oxygen atoms in total. The fourth-order valence-electron chi connectivity index (χ4n) is 1.09. The summed E-state index contributed by atoms with van der Waals surface area (Å²) in [5, 5.41) is 7.87. The van der Waals surface area contributed by atoms with Gasteiger partial charge < -0.3 is 5.32 Å². The maximum absolute atomic E-state index is 10.7. The van der Waals surface area contributed by atoms with Crippen LogP contribution in [-0.2, 0) is 10.0 Å². The summed E-state index contributed by atoms with van der Waals surface area (Å²) in [5.41, 5.74) is 1.98. The van der Waals surface area contributed by atoms with Crippen molar-refractivity contribution in [2.75, 3.05) is 17.6 Å². The van der Waals surface area contributed by atoms with Gasteiger partial charge in [0.2, 0.25) is 10.0 Å². The highest BCUT2D eigenvalue weighted by atomic mass is 79.9. The van der Waals surface area contributed by atoms with Crippen molar-refractivity contribution in [3.05, 3.63) is 28.2 Å². The number of anilines is 1. The molecule has 0 amide bonds. The third kappa shape index (κ3) is 4.63. The molecule has 1 aromatic carbocycles. The molecule has 0 radical (unpaired) electrons. The van der Waals surface area contributed by atoms with E-state index in [-0.39, 0.29) is 5.75 Å². The largest absolute Gasteiger partial charge is 0.384 e. The molecule has 0 heterocycles. The molecule has 0 aliphatic carbocycles. The van der Waals surface area contributed by atoms with Crippen molar-refractivity contribution in [2.45, 2.75) is 6.92 Å². The Labute approximate surface area is 98.0 Å². The van der Waals surface area contributed by atoms with Crippen molar-refractivity contribution >= 4 is 31.6 Å². The van der Waals surface area contributed by atoms with Gasteiger partial charge in [-0.15, -0.1) is 0 Å². The summed E-state index contributed by atoms with van der Waals surface area (Å²) in [6, 6.07) is 5.72. The molecule has 0 aromatic heterocycles. The minimum atomic E-state index is -3.38. The number of sulfonamides is 1. The van der Waals surface area contributed by atoms with E-state index in [1.165, 1.54) is 0 Å². The molecule has 0 fully saturated rings. The van der Waals surface area contributed by atoms with Crippen LogP contribution < -0.4 is 10.5 Å². The Kier molecular flexibility index (Phi) is 4.12. The van der Waals surface area contributed by atoms with Crippen LogP contribution >= 0.6 is 15.9 Å². The Morgan fingerprint density at radius 1 is 1.47 bits per heavy atom. The number of nitrogens with one attached hydrogen (secondary N) is 1. The summed E-state index contributed by atoms with van der Waals surface area (Å²) in [6.45, 7) is 2.29. The standard InChI is InChI=1S/C9H13BrN2O2S/c1-7-6-8(2-3-9(7)10)12-4-5-15(11,13)14/h2-3,6,12H,4-5H2,1H3,(H2,11,13,14). The molecule has 1 aromatic rings. The summed E-state index contributed by atoms with van der Waals surface area (Å²) in [4.78, 5) is 0. The van der Waals surface area contributed by atoms with Crippen LogP contribution in [0.25, 0.3) is 0 Å². The first-order chi connectivity index (χ1) is 6.88. The molecule has 0 unspecified atom stereocenters. The number of nitrogens with two attached hydrogens (primary N) is 1. The second-order valence-electron chi connectivity index (χ2n) is 3.26. The molecular formula is C9H13BrN2O2S. The first-order valence-corrected chi connectivity index (χ1v) is 6.90. The SMILES string of the molecule is Cc1cc(NCCS(N)(=O)=O)ccc1Br. The molecule has 0 bridgehead atoms. The van der Waals surface area contributed by atoms with Gasteiger partial charge in [0.15, 0.2) is 0 Å². The van der Waals surface area contributed by atoms with Gasteiger partial charge >= 0.3 is 0 Å². The van der Waals surface area contributed by atoms with Crippen LogP contribution in [0.1, 0.15) is 5.56 Å². The highest BCUT2D eigenvalue weighted by molar-refractivity contribution is 9.10. The van der Waals surface area contributed by atoms with Crippen LogP contribution in [0.3, 0.4) is 0 Å². The minimum absolute atomic E-state index is 0.0673. The lowest BCUT2D eigenvalue weighted by atomic mass is 10.2. The van der Waals surface area contributed by atoms with E-state index < -0.39 is 10.0 Å². The van der Waals surface area contributed by atoms with Gasteiger partial charge in [0.25, 0.3) is 0 Å². The van der Waals surface area contributed by atoms with Crippen LogP contribution in [0, 0.1) is 6.92 Å². The van der Waals surface area contributed by atoms with Crippen molar-refractivity contribution in [3.63, 3.8) is 0 Å². The van der Waals surface area contributed by atoms with Crippen molar-refractivity contribution < 1.29 is 8.42 Å². The molecule has 1 rings (SSSR count). The lowest BCUT2D eigenvalue weighted by Gasteiger charge is -2.07. The first kappa shape index (κ1) is 12.5. The van der Waals surface area contributed by atoms with Crippen LogP contribution in [0.5, 0.6) is 0 Å². The average Bonchev–Trinajstić information content (AvgIpc) is 2.09. The monoisotopic (exact) mass is 292 g/mol. The van der Waals surface area contributed by atoms with Gasteiger partial charge in [0.1, 0.15) is 0 Å². The fourth-order valence-corrected chi connectivity index (χ4v) is 1.73. The molecular weight excluding hydrogens is 280 g/mol. The molecule has 0 aliphatic heterocycles. The van der Waals surface area contributed by atoms with E-state index >= 15 is 0 Å². The molecule has 15 heavy (non-hydrogen) atoms. The lowest BCUT2D eigenvalue weighted by Crippen LogP contribution is -2.22. The molecule has 0 spiro atoms. The summed E-state index contributed by atoms with van der Waals surface area (Å²) in [5.74, 6) is -0.0673. The van der Waals surface area contributed by atoms with Crippen LogP contribution in [0.2, 0.25) is 0 Å². The zero-order valence-corrected chi connectivity index (χ0v) is 10.7. The van der Waals surface area contributed by atoms with Gasteiger partial charge in [0, 0.05) is 16.7 Å². The molecule has 3 N–H and O–H groups in total. The second kappa shape index (κ2) is 4.96. The normalized spacial score (nSPS) is 11.4. The average molecular weight is 293 g/mol. The van der Waals surface area contributed by atoms with Crippen molar-refractivity contribution in [2.24, 2.45) is 5.14 Å². The van der Waals surface area contributed by atoms with E-state index in [0.29, 0.717) is 6.54 Å². The molecule has 6 heteroatoms. The van der Waals surface area contributed by atoms with E-state index in [4.69, 9.17) is 5.14 Å². The maximum atomic E-state index is 10.7. The number of rotatable bonds is 4. The fraction of sp³-hybridized carbons (Fsp3) is 0.333. The summed E-state index contributed by atoms with van der Waals surface area (Å²) >= 11 is 3.39. The molecule has 0 saturated heterocycles. The third-order valence-corrected chi connectivity index (χ3v) is 3.54. The van der Waals surface area contributed by atoms with Crippen molar-refractivity contribution in [1.29, 1.82) is 0 Å². The Morgan fingerprint density at radius 2 is 2.13 bits per heavy atom. The third-order valence-electron chi connectivity index (χ3n) is 1.87. The van der Waals surface area contributed by atoms with E-state index in [1.807, 2.05) is 25.1 Å². The van der Waals surface area contributed by atoms with Crippen molar-refractivity contribution in [3.8, 4) is 0 Å². The molecule has 84 valence electrons. The Hall–Kier alpha value is -0.590. The predicted octanol–water partition coefficient (Wildman–Crippen LogP) is 1.46. The predicted molar refractivity (Wildman–Crippen MR) is 65.3 cm³/mol. The van der Waals surface area contributed by atoms with Crippen molar-refractivity contribution in [1.82, 2.24) is 0 Å². The quantitative estimate of drug-likeness (QED) is 0.882. The Balaban J connectivity index is 2.55. The number of aryl methyl sites for hydroxylation is 1. The van der Waals surface area contributed by atoms with Crippen LogP contribution in [0.4, 0.5) is 5.69 Å². The van der Waals surface area contributed by atoms with Crippen LogP contribution in [0.15, 0.2) is 22.7 Å². The number of primary sulfonamides is 1. The highest BCUT2D eigenvalue weighted by Gasteiger charge is 2.02. The smallest absolute Gasteiger partial charge is 0.210 e. The zero-order chi connectivity index (χ0) is 11.5. The van der Waals surface area contributed by atoms with E-state index in [1.54, 1.807) is 0 Å². The van der Waals surface area contributed by atoms with E-state index in [0.717, 1.165) is 15.7 Å². The number of halogens is 1. The molecule has 0 saturated carbocycles. The van der Waals surface area contributed by atoms with Gasteiger partial charge in [-0.25, -0.2) is 13.6 Å². The maximum Gasteiger partial charge on any atom is 0.210 e. The summed E-state index contributed by atoms with van der Waals surface area (Å²) < 4.78 is 22.4. The summed E-state index contributed by atoms with van der Waals surface area (Å²) in [7, 11) is -3.38. The van der Waals surface area contributed by atoms with E-state index in [9.17, 15) is 8.42 Å². The number of hydrogen-bond donors (Lipinski definition) is 2. The van der Waals surface area contributed by atoms with Gasteiger partial charge in [-0.1, -0.05) is 15.9 Å². The number of benzene rings is 1. The zero-order valence-electron chi connectivity index (χ0n) is 8.33. The first-order valence-electron chi connectivity index (χ1n) is 4.39. The Morgan fingerprint density at radius 3 is 2.67 bits per heavy atom. The van der Waals surface area contributed by atoms with Gasteiger partial charge in [-0.2, -0.15) is 0 Å². The van der Waals surface area contributed by atoms with Gasteiger partial charge in [0.05, 0.1) is 5.75 Å². The van der Waals surface area contributed by atoms with Crippen LogP contribution in [-0.4, -0.2) is 20.7 Å².